The monoisotopic (exact) mass is 450 g/mol. The molecule has 1 aromatic carbocycles. The van der Waals surface area contributed by atoms with Crippen LogP contribution in [0.5, 0.6) is 0 Å². The van der Waals surface area contributed by atoms with Crippen molar-refractivity contribution in [3.8, 4) is 0 Å². The zero-order valence-corrected chi connectivity index (χ0v) is 20.0. The largest absolute Gasteiger partial charge is 0.392 e. The topological polar surface area (TPSA) is 57.5 Å². The van der Waals surface area contributed by atoms with Crippen LogP contribution in [0.15, 0.2) is 64.1 Å². The third-order valence-corrected chi connectivity index (χ3v) is 9.71. The lowest BCUT2D eigenvalue weighted by molar-refractivity contribution is -0.114. The van der Waals surface area contributed by atoms with E-state index in [0.717, 1.165) is 38.5 Å². The van der Waals surface area contributed by atoms with E-state index in [0.29, 0.717) is 18.3 Å². The molecule has 5 rings (SSSR count). The van der Waals surface area contributed by atoms with Crippen molar-refractivity contribution in [3.05, 3.63) is 64.8 Å². The van der Waals surface area contributed by atoms with Gasteiger partial charge in [0, 0.05) is 22.6 Å². The van der Waals surface area contributed by atoms with Gasteiger partial charge in [-0.25, -0.2) is 0 Å². The number of carbonyl (C=O) groups excluding carboxylic acids is 1. The van der Waals surface area contributed by atoms with Crippen LogP contribution < -0.4 is 0 Å². The normalized spacial score (nSPS) is 36.7. The average molecular weight is 451 g/mol. The van der Waals surface area contributed by atoms with Gasteiger partial charge in [0.1, 0.15) is 0 Å². The van der Waals surface area contributed by atoms with Crippen LogP contribution in [0.1, 0.15) is 63.4 Å². The molecule has 0 bridgehead atoms. The SMILES string of the molecule is CSc1ccc([C@H]2C[C@@]3(C)[C@@H](CC[C@@]3(O)/C=C\CO)[C@@H]3CCC4=CC(=O)CCC4=C32)cc1. The number of allylic oxidation sites excluding steroid dienone is 4. The van der Waals surface area contributed by atoms with Crippen LogP contribution in [0.3, 0.4) is 0 Å². The Morgan fingerprint density at radius 1 is 1.16 bits per heavy atom. The molecule has 4 aliphatic carbocycles. The van der Waals surface area contributed by atoms with Crippen molar-refractivity contribution in [1.29, 1.82) is 0 Å². The van der Waals surface area contributed by atoms with Gasteiger partial charge in [0.25, 0.3) is 0 Å². The van der Waals surface area contributed by atoms with Gasteiger partial charge >= 0.3 is 0 Å². The lowest BCUT2D eigenvalue weighted by atomic mass is 9.51. The Morgan fingerprint density at radius 3 is 2.66 bits per heavy atom. The van der Waals surface area contributed by atoms with Crippen LogP contribution in [0.2, 0.25) is 0 Å². The van der Waals surface area contributed by atoms with Crippen molar-refractivity contribution in [2.75, 3.05) is 12.9 Å². The molecule has 0 saturated heterocycles. The minimum Gasteiger partial charge on any atom is -0.392 e. The first-order valence-corrected chi connectivity index (χ1v) is 13.2. The van der Waals surface area contributed by atoms with Crippen LogP contribution in [0.25, 0.3) is 0 Å². The van der Waals surface area contributed by atoms with E-state index in [1.807, 2.05) is 12.2 Å². The molecule has 0 heterocycles. The molecule has 32 heavy (non-hydrogen) atoms. The van der Waals surface area contributed by atoms with E-state index in [-0.39, 0.29) is 23.7 Å². The maximum absolute atomic E-state index is 12.2. The summed E-state index contributed by atoms with van der Waals surface area (Å²) in [5.41, 5.74) is 4.49. The number of aliphatic hydroxyl groups is 2. The zero-order valence-electron chi connectivity index (χ0n) is 19.1. The summed E-state index contributed by atoms with van der Waals surface area (Å²) in [4.78, 5) is 13.4. The van der Waals surface area contributed by atoms with Crippen LogP contribution in [-0.2, 0) is 4.79 Å². The van der Waals surface area contributed by atoms with Gasteiger partial charge in [0.2, 0.25) is 0 Å². The van der Waals surface area contributed by atoms with Crippen molar-refractivity contribution < 1.29 is 15.0 Å². The molecule has 3 nitrogen and oxygen atoms in total. The van der Waals surface area contributed by atoms with Crippen molar-refractivity contribution in [3.63, 3.8) is 0 Å². The first kappa shape index (κ1) is 22.2. The van der Waals surface area contributed by atoms with Crippen LogP contribution in [0, 0.1) is 17.3 Å². The first-order valence-electron chi connectivity index (χ1n) is 12.0. The third-order valence-electron chi connectivity index (χ3n) is 8.97. The Balaban J connectivity index is 1.65. The number of fused-ring (bicyclic) bond motifs is 4. The molecule has 0 amide bonds. The molecule has 0 aromatic heterocycles. The quantitative estimate of drug-likeness (QED) is 0.464. The number of thioether (sulfide) groups is 1. The Bertz CT molecular complexity index is 1000. The second-order valence-corrected chi connectivity index (χ2v) is 11.2. The highest BCUT2D eigenvalue weighted by Crippen LogP contribution is 2.67. The summed E-state index contributed by atoms with van der Waals surface area (Å²) < 4.78 is 0. The van der Waals surface area contributed by atoms with Gasteiger partial charge in [-0.15, -0.1) is 11.8 Å². The highest BCUT2D eigenvalue weighted by Gasteiger charge is 2.61. The molecule has 0 unspecified atom stereocenters. The molecule has 0 aliphatic heterocycles. The van der Waals surface area contributed by atoms with Crippen molar-refractivity contribution >= 4 is 17.5 Å². The molecule has 5 atom stereocenters. The second kappa shape index (κ2) is 8.30. The number of hydrogen-bond acceptors (Lipinski definition) is 4. The minimum atomic E-state index is -0.882. The molecule has 1 aromatic rings. The number of hydrogen-bond donors (Lipinski definition) is 2. The Labute approximate surface area is 195 Å². The van der Waals surface area contributed by atoms with Crippen LogP contribution in [-0.4, -0.2) is 34.5 Å². The molecule has 0 spiro atoms. The molecule has 2 N–H and O–H groups in total. The number of carbonyl (C=O) groups is 1. The number of benzene rings is 1. The van der Waals surface area contributed by atoms with E-state index in [1.165, 1.54) is 21.6 Å². The van der Waals surface area contributed by atoms with Gasteiger partial charge in [-0.3, -0.25) is 4.79 Å². The number of rotatable bonds is 4. The molecule has 170 valence electrons. The molecule has 2 saturated carbocycles. The van der Waals surface area contributed by atoms with E-state index in [2.05, 4.69) is 37.4 Å². The minimum absolute atomic E-state index is 0.0382. The van der Waals surface area contributed by atoms with Gasteiger partial charge in [-0.05, 0) is 91.5 Å². The lowest BCUT2D eigenvalue weighted by Crippen LogP contribution is -2.50. The van der Waals surface area contributed by atoms with Crippen molar-refractivity contribution in [2.24, 2.45) is 17.3 Å². The Hall–Kier alpha value is -1.62. The van der Waals surface area contributed by atoms with Crippen LogP contribution >= 0.6 is 11.8 Å². The maximum atomic E-state index is 12.2. The first-order chi connectivity index (χ1) is 15.4. The van der Waals surface area contributed by atoms with Gasteiger partial charge in [-0.1, -0.05) is 36.8 Å². The third kappa shape index (κ3) is 3.38. The fourth-order valence-electron chi connectivity index (χ4n) is 7.36. The summed E-state index contributed by atoms with van der Waals surface area (Å²) in [6, 6.07) is 8.97. The average Bonchev–Trinajstić information content (AvgIpc) is 3.07. The fourth-order valence-corrected chi connectivity index (χ4v) is 7.76. The predicted octanol–water partition coefficient (Wildman–Crippen LogP) is 5.59. The number of aliphatic hydroxyl groups excluding tert-OH is 1. The molecule has 0 radical (unpaired) electrons. The van der Waals surface area contributed by atoms with E-state index in [4.69, 9.17) is 0 Å². The smallest absolute Gasteiger partial charge is 0.156 e. The van der Waals surface area contributed by atoms with E-state index in [1.54, 1.807) is 23.4 Å². The maximum Gasteiger partial charge on any atom is 0.156 e. The van der Waals surface area contributed by atoms with Gasteiger partial charge in [0.05, 0.1) is 12.2 Å². The molecular formula is C28H34O3S. The molecule has 4 heteroatoms. The predicted molar refractivity (Wildman–Crippen MR) is 130 cm³/mol. The second-order valence-electron chi connectivity index (χ2n) is 10.3. The van der Waals surface area contributed by atoms with E-state index in [9.17, 15) is 15.0 Å². The Morgan fingerprint density at radius 2 is 1.94 bits per heavy atom. The summed E-state index contributed by atoms with van der Waals surface area (Å²) in [7, 11) is 0. The lowest BCUT2D eigenvalue weighted by Gasteiger charge is -2.54. The fraction of sp³-hybridized carbons (Fsp3) is 0.536. The van der Waals surface area contributed by atoms with E-state index >= 15 is 0 Å². The van der Waals surface area contributed by atoms with E-state index < -0.39 is 5.60 Å². The Kier molecular flexibility index (Phi) is 5.76. The molecule has 4 aliphatic rings. The summed E-state index contributed by atoms with van der Waals surface area (Å²) in [6.07, 6.45) is 13.8. The number of ketones is 1. The highest BCUT2D eigenvalue weighted by molar-refractivity contribution is 7.98. The van der Waals surface area contributed by atoms with Gasteiger partial charge in [-0.2, -0.15) is 0 Å². The van der Waals surface area contributed by atoms with Crippen molar-refractivity contribution in [2.45, 2.75) is 68.3 Å². The molecular weight excluding hydrogens is 416 g/mol. The zero-order chi connectivity index (χ0) is 22.5. The summed E-state index contributed by atoms with van der Waals surface area (Å²) >= 11 is 1.76. The van der Waals surface area contributed by atoms with Crippen LogP contribution in [0.4, 0.5) is 0 Å². The highest BCUT2D eigenvalue weighted by atomic mass is 32.2. The standard InChI is InChI=1S/C28H34O3S/c1-27-17-24(18-4-8-21(32-2)9-5-18)26-22-11-7-20(30)16-19(22)6-10-23(26)25(27)12-14-28(27,31)13-3-15-29/h3-5,8-9,13,16,23-25,29,31H,6-7,10-12,14-15,17H2,1-2H3/b13-3-/t23-,24+,25-,27-,28-/m0/s1. The summed E-state index contributed by atoms with van der Waals surface area (Å²) in [5, 5.41) is 21.2. The van der Waals surface area contributed by atoms with Gasteiger partial charge < -0.3 is 10.2 Å². The van der Waals surface area contributed by atoms with Gasteiger partial charge in [0.15, 0.2) is 5.78 Å². The summed E-state index contributed by atoms with van der Waals surface area (Å²) in [6.45, 7) is 2.25. The molecule has 2 fully saturated rings. The van der Waals surface area contributed by atoms with Crippen molar-refractivity contribution in [1.82, 2.24) is 0 Å². The summed E-state index contributed by atoms with van der Waals surface area (Å²) in [5.74, 6) is 1.42.